The summed E-state index contributed by atoms with van der Waals surface area (Å²) >= 11 is 0. The van der Waals surface area contributed by atoms with Gasteiger partial charge in [0.05, 0.1) is 19.7 Å². The van der Waals surface area contributed by atoms with Crippen LogP contribution in [-0.4, -0.2) is 25.1 Å². The van der Waals surface area contributed by atoms with E-state index in [-0.39, 0.29) is 0 Å². The van der Waals surface area contributed by atoms with Gasteiger partial charge in [0.2, 0.25) is 5.91 Å². The van der Waals surface area contributed by atoms with Crippen LogP contribution in [0.25, 0.3) is 22.4 Å². The molecular weight excluding hydrogens is 394 g/mol. The lowest BCUT2D eigenvalue weighted by atomic mass is 10.1. The summed E-state index contributed by atoms with van der Waals surface area (Å²) in [7, 11) is 3.20. The van der Waals surface area contributed by atoms with Crippen molar-refractivity contribution in [3.63, 3.8) is 0 Å². The van der Waals surface area contributed by atoms with Gasteiger partial charge in [-0.3, -0.25) is 4.79 Å². The number of anilines is 1. The third kappa shape index (κ3) is 4.16. The Labute approximate surface area is 179 Å². The molecule has 0 saturated carbocycles. The Bertz CT molecular complexity index is 1250. The van der Waals surface area contributed by atoms with Crippen LogP contribution in [-0.2, 0) is 6.54 Å². The van der Waals surface area contributed by atoms with E-state index in [9.17, 15) is 4.79 Å². The van der Waals surface area contributed by atoms with E-state index in [0.717, 1.165) is 27.9 Å². The zero-order valence-electron chi connectivity index (χ0n) is 17.6. The van der Waals surface area contributed by atoms with Crippen LogP contribution in [0.1, 0.15) is 21.7 Å². The average Bonchev–Trinajstić information content (AvgIpc) is 3.22. The van der Waals surface area contributed by atoms with Gasteiger partial charge in [-0.1, -0.05) is 12.1 Å². The van der Waals surface area contributed by atoms with Crippen molar-refractivity contribution in [3.05, 3.63) is 71.5 Å². The van der Waals surface area contributed by atoms with Crippen molar-refractivity contribution in [3.8, 4) is 23.0 Å². The van der Waals surface area contributed by atoms with Gasteiger partial charge in [-0.15, -0.1) is 0 Å². The second-order valence-corrected chi connectivity index (χ2v) is 7.10. The molecule has 0 aliphatic carbocycles. The molecule has 2 aromatic heterocycles. The molecule has 31 heavy (non-hydrogen) atoms. The number of carbonyl (C=O) groups excluding carboxylic acids is 1. The largest absolute Gasteiger partial charge is 0.493 e. The summed E-state index contributed by atoms with van der Waals surface area (Å²) < 4.78 is 16.7. The van der Waals surface area contributed by atoms with E-state index >= 15 is 0 Å². The van der Waals surface area contributed by atoms with Gasteiger partial charge in [-0.2, -0.15) is 0 Å². The number of ether oxygens (including phenoxy) is 2. The predicted molar refractivity (Wildman–Crippen MR) is 120 cm³/mol. The Hall–Kier alpha value is -4.00. The molecule has 0 saturated heterocycles. The van der Waals surface area contributed by atoms with E-state index in [1.165, 1.54) is 0 Å². The summed E-state index contributed by atoms with van der Waals surface area (Å²) in [6.45, 7) is 2.44. The SMILES string of the molecule is COc1cc2nc(-c3ccc(C)o3)cc(NCc3ccc(C(N)=O)cc3)c2cc1OC. The number of aryl methyl sites for hydroxylation is 1. The Morgan fingerprint density at radius 2 is 1.74 bits per heavy atom. The summed E-state index contributed by atoms with van der Waals surface area (Å²) in [5.41, 5.74) is 9.13. The molecule has 7 heteroatoms. The fourth-order valence-corrected chi connectivity index (χ4v) is 3.38. The first-order chi connectivity index (χ1) is 15.0. The minimum absolute atomic E-state index is 0.445. The standard InChI is InChI=1S/C24H23N3O4/c1-14-4-9-21(31-14)20-11-18(26-13-15-5-7-16(8-6-15)24(25)28)17-10-22(29-2)23(30-3)12-19(17)27-20/h4-12H,13H2,1-3H3,(H2,25,28)(H,26,27). The molecule has 2 aromatic carbocycles. The summed E-state index contributed by atoms with van der Waals surface area (Å²) in [4.78, 5) is 16.1. The third-order valence-corrected chi connectivity index (χ3v) is 5.03. The van der Waals surface area contributed by atoms with Gasteiger partial charge in [-0.05, 0) is 48.9 Å². The number of hydrogen-bond acceptors (Lipinski definition) is 6. The van der Waals surface area contributed by atoms with E-state index in [4.69, 9.17) is 24.6 Å². The van der Waals surface area contributed by atoms with Gasteiger partial charge >= 0.3 is 0 Å². The minimum atomic E-state index is -0.445. The third-order valence-electron chi connectivity index (χ3n) is 5.03. The van der Waals surface area contributed by atoms with Crippen molar-refractivity contribution in [2.45, 2.75) is 13.5 Å². The number of furan rings is 1. The number of nitrogens with zero attached hydrogens (tertiary/aromatic N) is 1. The fraction of sp³-hybridized carbons (Fsp3) is 0.167. The summed E-state index contributed by atoms with van der Waals surface area (Å²) in [5.74, 6) is 2.27. The number of carbonyl (C=O) groups is 1. The molecule has 0 aliphatic heterocycles. The lowest BCUT2D eigenvalue weighted by Crippen LogP contribution is -2.10. The highest BCUT2D eigenvalue weighted by atomic mass is 16.5. The monoisotopic (exact) mass is 417 g/mol. The molecule has 0 radical (unpaired) electrons. The highest BCUT2D eigenvalue weighted by Crippen LogP contribution is 2.37. The second-order valence-electron chi connectivity index (χ2n) is 7.10. The second kappa shape index (κ2) is 8.39. The Morgan fingerprint density at radius 1 is 1.03 bits per heavy atom. The topological polar surface area (TPSA) is 99.6 Å². The van der Waals surface area contributed by atoms with Crippen LogP contribution < -0.4 is 20.5 Å². The number of rotatable bonds is 7. The molecule has 0 aliphatic rings. The van der Waals surface area contributed by atoms with Gasteiger partial charge in [0.25, 0.3) is 0 Å². The van der Waals surface area contributed by atoms with Crippen LogP contribution >= 0.6 is 0 Å². The number of fused-ring (bicyclic) bond motifs is 1. The molecule has 1 amide bonds. The number of amides is 1. The van der Waals surface area contributed by atoms with Gasteiger partial charge in [0, 0.05) is 29.2 Å². The van der Waals surface area contributed by atoms with Crippen LogP contribution in [0, 0.1) is 6.92 Å². The van der Waals surface area contributed by atoms with Crippen LogP contribution in [0.3, 0.4) is 0 Å². The first-order valence-corrected chi connectivity index (χ1v) is 9.74. The zero-order chi connectivity index (χ0) is 22.0. The highest BCUT2D eigenvalue weighted by Gasteiger charge is 2.14. The molecule has 158 valence electrons. The number of benzene rings is 2. The van der Waals surface area contributed by atoms with Crippen molar-refractivity contribution >= 4 is 22.5 Å². The average molecular weight is 417 g/mol. The van der Waals surface area contributed by atoms with Crippen LogP contribution in [0.4, 0.5) is 5.69 Å². The Kier molecular flexibility index (Phi) is 5.49. The molecule has 0 fully saturated rings. The van der Waals surface area contributed by atoms with E-state index in [0.29, 0.717) is 35.1 Å². The van der Waals surface area contributed by atoms with E-state index in [1.54, 1.807) is 26.4 Å². The van der Waals surface area contributed by atoms with Crippen molar-refractivity contribution in [2.24, 2.45) is 5.73 Å². The molecule has 4 aromatic rings. The Morgan fingerprint density at radius 3 is 2.35 bits per heavy atom. The zero-order valence-corrected chi connectivity index (χ0v) is 17.6. The molecule has 0 atom stereocenters. The molecule has 3 N–H and O–H groups in total. The van der Waals surface area contributed by atoms with Gasteiger partial charge < -0.3 is 24.9 Å². The van der Waals surface area contributed by atoms with Crippen LogP contribution in [0.5, 0.6) is 11.5 Å². The summed E-state index contributed by atoms with van der Waals surface area (Å²) in [5, 5.41) is 4.35. The van der Waals surface area contributed by atoms with E-state index < -0.39 is 5.91 Å². The first kappa shape index (κ1) is 20.3. The maximum atomic E-state index is 11.3. The summed E-state index contributed by atoms with van der Waals surface area (Å²) in [6, 6.07) is 16.7. The maximum absolute atomic E-state index is 11.3. The normalized spacial score (nSPS) is 10.8. The van der Waals surface area contributed by atoms with Gasteiger partial charge in [0.1, 0.15) is 11.5 Å². The van der Waals surface area contributed by atoms with Crippen LogP contribution in [0.2, 0.25) is 0 Å². The minimum Gasteiger partial charge on any atom is -0.493 e. The number of nitrogens with two attached hydrogens (primary N) is 1. The van der Waals surface area contributed by atoms with E-state index in [2.05, 4.69) is 5.32 Å². The molecule has 0 spiro atoms. The number of hydrogen-bond donors (Lipinski definition) is 2. The summed E-state index contributed by atoms with van der Waals surface area (Å²) in [6.07, 6.45) is 0. The first-order valence-electron chi connectivity index (χ1n) is 9.74. The molecule has 0 bridgehead atoms. The van der Waals surface area contributed by atoms with E-state index in [1.807, 2.05) is 49.4 Å². The Balaban J connectivity index is 1.76. The smallest absolute Gasteiger partial charge is 0.248 e. The van der Waals surface area contributed by atoms with Gasteiger partial charge in [0.15, 0.2) is 17.3 Å². The number of aromatic nitrogens is 1. The molecular formula is C24H23N3O4. The van der Waals surface area contributed by atoms with Crippen molar-refractivity contribution in [1.82, 2.24) is 4.98 Å². The molecule has 7 nitrogen and oxygen atoms in total. The fourth-order valence-electron chi connectivity index (χ4n) is 3.38. The number of primary amides is 1. The van der Waals surface area contributed by atoms with Crippen molar-refractivity contribution < 1.29 is 18.7 Å². The quantitative estimate of drug-likeness (QED) is 0.458. The predicted octanol–water partition coefficient (Wildman–Crippen LogP) is 4.53. The number of nitrogens with one attached hydrogen (secondary N) is 1. The molecule has 0 unspecified atom stereocenters. The lowest BCUT2D eigenvalue weighted by Gasteiger charge is -2.14. The number of pyridine rings is 1. The maximum Gasteiger partial charge on any atom is 0.248 e. The van der Waals surface area contributed by atoms with Crippen LogP contribution in [0.15, 0.2) is 59.0 Å². The highest BCUT2D eigenvalue weighted by molar-refractivity contribution is 5.96. The van der Waals surface area contributed by atoms with Gasteiger partial charge in [-0.25, -0.2) is 4.98 Å². The number of methoxy groups -OCH3 is 2. The van der Waals surface area contributed by atoms with Crippen molar-refractivity contribution in [1.29, 1.82) is 0 Å². The molecule has 4 rings (SSSR count). The molecule has 2 heterocycles. The van der Waals surface area contributed by atoms with Crippen molar-refractivity contribution in [2.75, 3.05) is 19.5 Å². The lowest BCUT2D eigenvalue weighted by molar-refractivity contribution is 0.100.